The van der Waals surface area contributed by atoms with E-state index in [1.165, 1.54) is 7.05 Å². The van der Waals surface area contributed by atoms with E-state index in [0.29, 0.717) is 23.6 Å². The van der Waals surface area contributed by atoms with Crippen LogP contribution >= 0.6 is 0 Å². The molecule has 2 N–H and O–H groups in total. The molecule has 6 heteroatoms. The Hall–Kier alpha value is -1.56. The molecule has 0 atom stereocenters. The lowest BCUT2D eigenvalue weighted by molar-refractivity contribution is -0.139. The van der Waals surface area contributed by atoms with Gasteiger partial charge in [0.2, 0.25) is 0 Å². The molecule has 86 valence electrons. The molecule has 0 aliphatic rings. The molecular weight excluding hydrogens is 200 g/mol. The minimum Gasteiger partial charge on any atom is -0.462 e. The summed E-state index contributed by atoms with van der Waals surface area (Å²) in [7, 11) is 1.22. The maximum absolute atomic E-state index is 10.9. The van der Waals surface area contributed by atoms with E-state index in [4.69, 9.17) is 9.94 Å². The van der Waals surface area contributed by atoms with Gasteiger partial charge >= 0.3 is 12.0 Å². The second-order valence-corrected chi connectivity index (χ2v) is 3.03. The standard InChI is InChI=1S/C9H16N2O4/c1-7(2)8(12)15-6-4-5-10-9(13)11(3)14/h14H,1,4-6H2,2-3H3,(H,10,13). The van der Waals surface area contributed by atoms with Gasteiger partial charge in [0.1, 0.15) is 0 Å². The van der Waals surface area contributed by atoms with Crippen molar-refractivity contribution >= 4 is 12.0 Å². The van der Waals surface area contributed by atoms with Crippen LogP contribution in [0, 0.1) is 0 Å². The molecule has 6 nitrogen and oxygen atoms in total. The van der Waals surface area contributed by atoms with Crippen molar-refractivity contribution in [2.45, 2.75) is 13.3 Å². The topological polar surface area (TPSA) is 78.9 Å². The second kappa shape index (κ2) is 6.83. The van der Waals surface area contributed by atoms with E-state index < -0.39 is 12.0 Å². The Morgan fingerprint density at radius 1 is 1.53 bits per heavy atom. The average Bonchev–Trinajstić information content (AvgIpc) is 2.16. The highest BCUT2D eigenvalue weighted by Gasteiger charge is 2.04. The Morgan fingerprint density at radius 2 is 2.13 bits per heavy atom. The third-order valence-electron chi connectivity index (χ3n) is 1.47. The summed E-state index contributed by atoms with van der Waals surface area (Å²) in [6, 6.07) is -0.596. The highest BCUT2D eigenvalue weighted by Crippen LogP contribution is 1.92. The Labute approximate surface area is 88.5 Å². The molecule has 0 unspecified atom stereocenters. The van der Waals surface area contributed by atoms with E-state index in [0.717, 1.165) is 0 Å². The van der Waals surface area contributed by atoms with Gasteiger partial charge in [0.15, 0.2) is 0 Å². The lowest BCUT2D eigenvalue weighted by atomic mass is 10.3. The molecular formula is C9H16N2O4. The van der Waals surface area contributed by atoms with E-state index in [-0.39, 0.29) is 6.61 Å². The first-order valence-electron chi connectivity index (χ1n) is 4.48. The van der Waals surface area contributed by atoms with Gasteiger partial charge in [-0.25, -0.2) is 14.7 Å². The lowest BCUT2D eigenvalue weighted by Gasteiger charge is -2.10. The molecule has 0 radical (unpaired) electrons. The number of rotatable bonds is 5. The van der Waals surface area contributed by atoms with Crippen molar-refractivity contribution in [3.05, 3.63) is 12.2 Å². The molecule has 0 saturated heterocycles. The summed E-state index contributed by atoms with van der Waals surface area (Å²) in [5, 5.41) is 11.5. The molecule has 0 aliphatic carbocycles. The molecule has 15 heavy (non-hydrogen) atoms. The largest absolute Gasteiger partial charge is 0.462 e. The number of ether oxygens (including phenoxy) is 1. The van der Waals surface area contributed by atoms with Gasteiger partial charge in [-0.1, -0.05) is 6.58 Å². The molecule has 0 aromatic carbocycles. The summed E-state index contributed by atoms with van der Waals surface area (Å²) in [5.41, 5.74) is 0.342. The summed E-state index contributed by atoms with van der Waals surface area (Å²) < 4.78 is 4.78. The van der Waals surface area contributed by atoms with Gasteiger partial charge in [0.05, 0.1) is 6.61 Å². The van der Waals surface area contributed by atoms with E-state index in [9.17, 15) is 9.59 Å². The quantitative estimate of drug-likeness (QED) is 0.231. The van der Waals surface area contributed by atoms with Crippen LogP contribution in [0.3, 0.4) is 0 Å². The van der Waals surface area contributed by atoms with Gasteiger partial charge in [-0.05, 0) is 13.3 Å². The first-order chi connectivity index (χ1) is 6.95. The van der Waals surface area contributed by atoms with Gasteiger partial charge in [0.25, 0.3) is 0 Å². The summed E-state index contributed by atoms with van der Waals surface area (Å²) in [5.74, 6) is -0.444. The number of nitrogens with one attached hydrogen (secondary N) is 1. The van der Waals surface area contributed by atoms with Crippen molar-refractivity contribution in [1.82, 2.24) is 10.4 Å². The summed E-state index contributed by atoms with van der Waals surface area (Å²) in [6.45, 7) is 5.52. The fourth-order valence-corrected chi connectivity index (χ4v) is 0.670. The van der Waals surface area contributed by atoms with Crippen LogP contribution in [0.25, 0.3) is 0 Å². The minimum atomic E-state index is -0.596. The van der Waals surface area contributed by atoms with E-state index in [1.54, 1.807) is 6.92 Å². The van der Waals surface area contributed by atoms with Crippen LogP contribution in [-0.2, 0) is 9.53 Å². The normalized spacial score (nSPS) is 9.27. The van der Waals surface area contributed by atoms with Crippen LogP contribution < -0.4 is 5.32 Å². The van der Waals surface area contributed by atoms with Crippen molar-refractivity contribution in [1.29, 1.82) is 0 Å². The zero-order chi connectivity index (χ0) is 11.8. The molecule has 0 aromatic heterocycles. The second-order valence-electron chi connectivity index (χ2n) is 3.03. The number of carbonyl (C=O) groups excluding carboxylic acids is 2. The average molecular weight is 216 g/mol. The molecule has 0 spiro atoms. The third kappa shape index (κ3) is 6.50. The molecule has 0 saturated carbocycles. The Balaban J connectivity index is 3.44. The summed E-state index contributed by atoms with van der Waals surface area (Å²) in [6.07, 6.45) is 0.485. The SMILES string of the molecule is C=C(C)C(=O)OCCCNC(=O)N(C)O. The molecule has 0 aromatic rings. The Kier molecular flexibility index (Phi) is 6.12. The number of esters is 1. The number of hydroxylamine groups is 2. The van der Waals surface area contributed by atoms with Crippen LogP contribution in [0.2, 0.25) is 0 Å². The maximum atomic E-state index is 10.9. The van der Waals surface area contributed by atoms with Crippen molar-refractivity contribution in [3.63, 3.8) is 0 Å². The van der Waals surface area contributed by atoms with Crippen LogP contribution in [0.1, 0.15) is 13.3 Å². The zero-order valence-corrected chi connectivity index (χ0v) is 8.95. The molecule has 0 aliphatic heterocycles. The first kappa shape index (κ1) is 13.4. The van der Waals surface area contributed by atoms with Crippen molar-refractivity contribution in [2.75, 3.05) is 20.2 Å². The number of carbonyl (C=O) groups is 2. The number of hydrogen-bond acceptors (Lipinski definition) is 4. The van der Waals surface area contributed by atoms with Gasteiger partial charge in [0, 0.05) is 19.2 Å². The number of hydrogen-bond donors (Lipinski definition) is 2. The van der Waals surface area contributed by atoms with Crippen molar-refractivity contribution < 1.29 is 19.5 Å². The van der Waals surface area contributed by atoms with Gasteiger partial charge in [-0.2, -0.15) is 0 Å². The van der Waals surface area contributed by atoms with Gasteiger partial charge in [-0.15, -0.1) is 0 Å². The van der Waals surface area contributed by atoms with Crippen LogP contribution in [0.15, 0.2) is 12.2 Å². The monoisotopic (exact) mass is 216 g/mol. The number of nitrogens with zero attached hydrogens (tertiary/aromatic N) is 1. The van der Waals surface area contributed by atoms with E-state index in [1.807, 2.05) is 0 Å². The molecule has 0 rings (SSSR count). The summed E-state index contributed by atoms with van der Waals surface area (Å²) in [4.78, 5) is 21.7. The van der Waals surface area contributed by atoms with Crippen LogP contribution in [0.5, 0.6) is 0 Å². The Bertz CT molecular complexity index is 250. The smallest absolute Gasteiger partial charge is 0.340 e. The predicted octanol–water partition coefficient (Wildman–Crippen LogP) is 0.526. The predicted molar refractivity (Wildman–Crippen MR) is 53.3 cm³/mol. The summed E-state index contributed by atoms with van der Waals surface area (Å²) >= 11 is 0. The highest BCUT2D eigenvalue weighted by molar-refractivity contribution is 5.86. The number of amides is 2. The van der Waals surface area contributed by atoms with Gasteiger partial charge < -0.3 is 10.1 Å². The Morgan fingerprint density at radius 3 is 2.60 bits per heavy atom. The fraction of sp³-hybridized carbons (Fsp3) is 0.556. The fourth-order valence-electron chi connectivity index (χ4n) is 0.670. The van der Waals surface area contributed by atoms with Gasteiger partial charge in [-0.3, -0.25) is 5.21 Å². The molecule has 2 amide bonds. The van der Waals surface area contributed by atoms with Crippen LogP contribution in [0.4, 0.5) is 4.79 Å². The number of urea groups is 1. The zero-order valence-electron chi connectivity index (χ0n) is 8.95. The highest BCUT2D eigenvalue weighted by atomic mass is 16.5. The maximum Gasteiger partial charge on any atom is 0.340 e. The van der Waals surface area contributed by atoms with E-state index >= 15 is 0 Å². The lowest BCUT2D eigenvalue weighted by Crippen LogP contribution is -2.35. The molecule has 0 bridgehead atoms. The minimum absolute atomic E-state index is 0.209. The van der Waals surface area contributed by atoms with E-state index in [2.05, 4.69) is 11.9 Å². The molecule has 0 heterocycles. The first-order valence-corrected chi connectivity index (χ1v) is 4.48. The van der Waals surface area contributed by atoms with Crippen molar-refractivity contribution in [2.24, 2.45) is 0 Å². The van der Waals surface area contributed by atoms with Crippen LogP contribution in [-0.4, -0.2) is 42.5 Å². The van der Waals surface area contributed by atoms with Crippen molar-refractivity contribution in [3.8, 4) is 0 Å². The third-order valence-corrected chi connectivity index (χ3v) is 1.47. The molecule has 0 fully saturated rings.